The summed E-state index contributed by atoms with van der Waals surface area (Å²) in [5.74, 6) is 0.213. The number of hydrogen-bond donors (Lipinski definition) is 3. The van der Waals surface area contributed by atoms with Crippen LogP contribution in [0.5, 0.6) is 0 Å². The first kappa shape index (κ1) is 26.2. The number of carbonyl (C=O) groups excluding carboxylic acids is 2. The largest absolute Gasteiger partial charge is 0.469 e. The van der Waals surface area contributed by atoms with E-state index in [1.165, 1.54) is 77.7 Å². The molecule has 3 N–H and O–H groups in total. The van der Waals surface area contributed by atoms with E-state index in [9.17, 15) is 9.59 Å². The van der Waals surface area contributed by atoms with Gasteiger partial charge in [0.25, 0.3) is 0 Å². The first-order chi connectivity index (χ1) is 13.1. The fourth-order valence-electron chi connectivity index (χ4n) is 3.04. The van der Waals surface area contributed by atoms with Crippen LogP contribution in [0.2, 0.25) is 0 Å². The van der Waals surface area contributed by atoms with Crippen LogP contribution in [-0.2, 0) is 14.3 Å². The Hall–Kier alpha value is -0.750. The molecule has 0 radical (unpaired) electrons. The Morgan fingerprint density at radius 3 is 1.63 bits per heavy atom. The Kier molecular flexibility index (Phi) is 19.4. The Morgan fingerprint density at radius 1 is 0.815 bits per heavy atom. The van der Waals surface area contributed by atoms with E-state index in [-0.39, 0.29) is 11.9 Å². The minimum absolute atomic E-state index is 0.0873. The van der Waals surface area contributed by atoms with E-state index >= 15 is 0 Å². The summed E-state index contributed by atoms with van der Waals surface area (Å²) in [5, 5.41) is 2.85. The Labute approximate surface area is 172 Å². The molecule has 0 heterocycles. The topological polar surface area (TPSA) is 81.4 Å². The summed E-state index contributed by atoms with van der Waals surface area (Å²) in [7, 11) is 1.45. The molecule has 0 aliphatic heterocycles. The second-order valence-corrected chi connectivity index (χ2v) is 7.72. The molecule has 0 spiro atoms. The van der Waals surface area contributed by atoms with Crippen molar-refractivity contribution in [3.63, 3.8) is 0 Å². The van der Waals surface area contributed by atoms with Gasteiger partial charge in [-0.3, -0.25) is 9.59 Å². The first-order valence-corrected chi connectivity index (χ1v) is 11.5. The SMILES string of the molecule is COC(=O)CCCCCCCCCCCCCCCCNC(=O)C(N)CS. The van der Waals surface area contributed by atoms with Gasteiger partial charge in [0.05, 0.1) is 13.2 Å². The fraction of sp³-hybridized carbons (Fsp3) is 0.905. The number of amides is 1. The number of nitrogens with two attached hydrogens (primary N) is 1. The summed E-state index contributed by atoms with van der Waals surface area (Å²) in [6.07, 6.45) is 18.0. The smallest absolute Gasteiger partial charge is 0.305 e. The van der Waals surface area contributed by atoms with Gasteiger partial charge in [-0.2, -0.15) is 12.6 Å². The highest BCUT2D eigenvalue weighted by atomic mass is 32.1. The van der Waals surface area contributed by atoms with Crippen molar-refractivity contribution in [2.24, 2.45) is 5.73 Å². The van der Waals surface area contributed by atoms with Crippen molar-refractivity contribution in [3.05, 3.63) is 0 Å². The third kappa shape index (κ3) is 18.4. The molecular formula is C21H42N2O3S. The van der Waals surface area contributed by atoms with E-state index in [1.54, 1.807) is 0 Å². The lowest BCUT2D eigenvalue weighted by Crippen LogP contribution is -2.42. The molecule has 5 nitrogen and oxygen atoms in total. The van der Waals surface area contributed by atoms with Gasteiger partial charge in [0, 0.05) is 18.7 Å². The maximum atomic E-state index is 11.5. The quantitative estimate of drug-likeness (QED) is 0.170. The summed E-state index contributed by atoms with van der Waals surface area (Å²) >= 11 is 4.02. The predicted molar refractivity (Wildman–Crippen MR) is 116 cm³/mol. The molecule has 27 heavy (non-hydrogen) atoms. The number of nitrogens with one attached hydrogen (secondary N) is 1. The number of methoxy groups -OCH3 is 1. The lowest BCUT2D eigenvalue weighted by Gasteiger charge is -2.09. The van der Waals surface area contributed by atoms with Crippen molar-refractivity contribution in [3.8, 4) is 0 Å². The molecular weight excluding hydrogens is 360 g/mol. The summed E-state index contributed by atoms with van der Waals surface area (Å²) < 4.78 is 4.63. The Bertz CT molecular complexity index is 367. The van der Waals surface area contributed by atoms with E-state index in [0.717, 1.165) is 25.8 Å². The number of rotatable bonds is 19. The van der Waals surface area contributed by atoms with Gasteiger partial charge in [-0.25, -0.2) is 0 Å². The van der Waals surface area contributed by atoms with Gasteiger partial charge in [-0.05, 0) is 12.8 Å². The predicted octanol–water partition coefficient (Wildman–Crippen LogP) is 4.38. The number of ether oxygens (including phenoxy) is 1. The molecule has 1 atom stereocenters. The van der Waals surface area contributed by atoms with Crippen LogP contribution in [0.4, 0.5) is 0 Å². The van der Waals surface area contributed by atoms with Gasteiger partial charge < -0.3 is 15.8 Å². The lowest BCUT2D eigenvalue weighted by atomic mass is 10.0. The number of esters is 1. The highest BCUT2D eigenvalue weighted by Gasteiger charge is 2.09. The van der Waals surface area contributed by atoms with Crippen LogP contribution in [0.25, 0.3) is 0 Å². The Balaban J connectivity index is 3.13. The maximum Gasteiger partial charge on any atom is 0.305 e. The molecule has 0 aromatic rings. The fourth-order valence-corrected chi connectivity index (χ4v) is 3.21. The van der Waals surface area contributed by atoms with Crippen LogP contribution in [0.15, 0.2) is 0 Å². The summed E-state index contributed by atoms with van der Waals surface area (Å²) in [5.41, 5.74) is 5.59. The van der Waals surface area contributed by atoms with Crippen molar-refractivity contribution in [1.29, 1.82) is 0 Å². The van der Waals surface area contributed by atoms with E-state index in [4.69, 9.17) is 5.73 Å². The van der Waals surface area contributed by atoms with Crippen molar-refractivity contribution in [2.45, 2.75) is 102 Å². The summed E-state index contributed by atoms with van der Waals surface area (Å²) in [4.78, 5) is 22.4. The highest BCUT2D eigenvalue weighted by molar-refractivity contribution is 7.80. The number of thiol groups is 1. The van der Waals surface area contributed by atoms with Gasteiger partial charge in [0.2, 0.25) is 5.91 Å². The zero-order chi connectivity index (χ0) is 20.2. The van der Waals surface area contributed by atoms with E-state index < -0.39 is 6.04 Å². The monoisotopic (exact) mass is 402 g/mol. The van der Waals surface area contributed by atoms with Crippen LogP contribution < -0.4 is 11.1 Å². The van der Waals surface area contributed by atoms with E-state index in [2.05, 4.69) is 22.7 Å². The molecule has 1 amide bonds. The van der Waals surface area contributed by atoms with Gasteiger partial charge >= 0.3 is 5.97 Å². The van der Waals surface area contributed by atoms with Crippen molar-refractivity contribution in [2.75, 3.05) is 19.4 Å². The van der Waals surface area contributed by atoms with Gasteiger partial charge in [0.15, 0.2) is 0 Å². The molecule has 1 unspecified atom stereocenters. The third-order valence-corrected chi connectivity index (χ3v) is 5.26. The lowest BCUT2D eigenvalue weighted by molar-refractivity contribution is -0.140. The molecule has 0 fully saturated rings. The molecule has 0 saturated carbocycles. The van der Waals surface area contributed by atoms with Crippen molar-refractivity contribution < 1.29 is 14.3 Å². The van der Waals surface area contributed by atoms with Crippen LogP contribution in [0, 0.1) is 0 Å². The first-order valence-electron chi connectivity index (χ1n) is 10.8. The van der Waals surface area contributed by atoms with Crippen molar-refractivity contribution >= 4 is 24.5 Å². The Morgan fingerprint density at radius 2 is 1.22 bits per heavy atom. The minimum Gasteiger partial charge on any atom is -0.469 e. The minimum atomic E-state index is -0.486. The summed E-state index contributed by atoms with van der Waals surface area (Å²) in [6.45, 7) is 0.725. The molecule has 0 saturated heterocycles. The second-order valence-electron chi connectivity index (χ2n) is 7.36. The van der Waals surface area contributed by atoms with E-state index in [1.807, 2.05) is 0 Å². The molecule has 6 heteroatoms. The van der Waals surface area contributed by atoms with Crippen LogP contribution in [0.3, 0.4) is 0 Å². The molecule has 0 rings (SSSR count). The second kappa shape index (κ2) is 20.0. The van der Waals surface area contributed by atoms with Gasteiger partial charge in [0.1, 0.15) is 0 Å². The highest BCUT2D eigenvalue weighted by Crippen LogP contribution is 2.13. The van der Waals surface area contributed by atoms with E-state index in [0.29, 0.717) is 12.2 Å². The molecule has 160 valence electrons. The van der Waals surface area contributed by atoms with Gasteiger partial charge in [-0.1, -0.05) is 77.0 Å². The van der Waals surface area contributed by atoms with Gasteiger partial charge in [-0.15, -0.1) is 0 Å². The molecule has 0 aliphatic rings. The number of unbranched alkanes of at least 4 members (excludes halogenated alkanes) is 13. The molecule has 0 bridgehead atoms. The third-order valence-electron chi connectivity index (χ3n) is 4.87. The maximum absolute atomic E-state index is 11.5. The van der Waals surface area contributed by atoms with Crippen molar-refractivity contribution in [1.82, 2.24) is 5.32 Å². The number of carbonyl (C=O) groups is 2. The molecule has 0 aromatic heterocycles. The summed E-state index contributed by atoms with van der Waals surface area (Å²) in [6, 6.07) is -0.486. The van der Waals surface area contributed by atoms with Crippen LogP contribution in [-0.4, -0.2) is 37.3 Å². The zero-order valence-electron chi connectivity index (χ0n) is 17.3. The standard InChI is InChI=1S/C21H42N2O3S/c1-26-20(24)16-14-12-10-8-6-4-2-3-5-7-9-11-13-15-17-23-21(25)19(22)18-27/h19,27H,2-18,22H2,1H3,(H,23,25). The average Bonchev–Trinajstić information content (AvgIpc) is 2.69. The normalized spacial score (nSPS) is 12.0. The van der Waals surface area contributed by atoms with Crippen LogP contribution in [0.1, 0.15) is 96.3 Å². The number of hydrogen-bond acceptors (Lipinski definition) is 5. The molecule has 0 aromatic carbocycles. The zero-order valence-corrected chi connectivity index (χ0v) is 18.2. The average molecular weight is 403 g/mol. The molecule has 0 aliphatic carbocycles. The van der Waals surface area contributed by atoms with Crippen LogP contribution >= 0.6 is 12.6 Å².